The van der Waals surface area contributed by atoms with E-state index >= 15 is 0 Å². The molecule has 1 aromatic heterocycles. The largest absolute Gasteiger partial charge is 0.461 e. The molecule has 1 aliphatic carbocycles. The van der Waals surface area contributed by atoms with Crippen LogP contribution in [0.25, 0.3) is 10.8 Å². The highest BCUT2D eigenvalue weighted by molar-refractivity contribution is 6.78. The van der Waals surface area contributed by atoms with Crippen LogP contribution in [0.2, 0.25) is 49.9 Å². The number of pyridine rings is 1. The lowest BCUT2D eigenvalue weighted by molar-refractivity contribution is -0.145. The van der Waals surface area contributed by atoms with Gasteiger partial charge >= 0.3 is 5.97 Å². The number of aromatic nitrogens is 1. The van der Waals surface area contributed by atoms with Crippen LogP contribution >= 0.6 is 0 Å². The minimum atomic E-state index is -2.28. The summed E-state index contributed by atoms with van der Waals surface area (Å²) in [5, 5.41) is 2.16. The summed E-state index contributed by atoms with van der Waals surface area (Å²) in [7, 11) is -6.75. The van der Waals surface area contributed by atoms with E-state index in [2.05, 4.69) is 185 Å². The molecule has 1 saturated carbocycles. The number of carbonyl (C=O) groups excluding carboxylic acids is 2. The third-order valence-corrected chi connectivity index (χ3v) is 38.0. The molecule has 1 heterocycles. The van der Waals surface area contributed by atoms with Gasteiger partial charge < -0.3 is 18.0 Å². The number of ether oxygens (including phenoxy) is 1. The number of ketones is 1. The monoisotopic (exact) mass is 1160 g/mol. The lowest BCUT2D eigenvalue weighted by atomic mass is 9.85. The first-order valence-electron chi connectivity index (χ1n) is 32.2. The predicted octanol–water partition coefficient (Wildman–Crippen LogP) is 20.4. The molecule has 10 heteroatoms. The van der Waals surface area contributed by atoms with E-state index < -0.39 is 25.0 Å². The maximum Gasteiger partial charge on any atom is 0.306 e. The van der Waals surface area contributed by atoms with Crippen molar-refractivity contribution in [3.8, 4) is 0 Å². The van der Waals surface area contributed by atoms with Crippen LogP contribution in [0.3, 0.4) is 0 Å². The van der Waals surface area contributed by atoms with Gasteiger partial charge in [-0.25, -0.2) is 0 Å². The minimum Gasteiger partial charge on any atom is -0.461 e. The average molecular weight is 1160 g/mol. The van der Waals surface area contributed by atoms with E-state index in [0.717, 1.165) is 85.3 Å². The first-order chi connectivity index (χ1) is 38.3. The van der Waals surface area contributed by atoms with Gasteiger partial charge in [0.05, 0.1) is 12.2 Å². The van der Waals surface area contributed by atoms with Crippen molar-refractivity contribution in [2.75, 3.05) is 0 Å². The lowest BCUT2D eigenvalue weighted by Crippen LogP contribution is -2.51. The summed E-state index contributed by atoms with van der Waals surface area (Å²) in [6, 6.07) is 27.2. The molecule has 6 atom stereocenters. The molecule has 0 radical (unpaired) electrons. The van der Waals surface area contributed by atoms with Crippen LogP contribution in [0.1, 0.15) is 218 Å². The van der Waals surface area contributed by atoms with Gasteiger partial charge in [-0.1, -0.05) is 216 Å². The molecular weight excluding hydrogens is 1050 g/mol. The van der Waals surface area contributed by atoms with Crippen molar-refractivity contribution < 1.29 is 27.6 Å². The summed E-state index contributed by atoms with van der Waals surface area (Å²) in [4.78, 5) is 31.0. The van der Waals surface area contributed by atoms with E-state index in [0.29, 0.717) is 74.5 Å². The zero-order valence-electron chi connectivity index (χ0n) is 54.4. The topological polar surface area (TPSA) is 84.0 Å². The quantitative estimate of drug-likeness (QED) is 0.0199. The number of benzene rings is 3. The van der Waals surface area contributed by atoms with Crippen molar-refractivity contribution in [2.45, 2.75) is 283 Å². The van der Waals surface area contributed by atoms with E-state index in [4.69, 9.17) is 18.0 Å². The van der Waals surface area contributed by atoms with Crippen molar-refractivity contribution in [3.63, 3.8) is 0 Å². The number of aryl methyl sites for hydroxylation is 1. The van der Waals surface area contributed by atoms with Crippen LogP contribution in [0.4, 0.5) is 0 Å². The number of hydrogen-bond acceptors (Lipinski definition) is 7. The Bertz CT molecular complexity index is 2470. The maximum absolute atomic E-state index is 13.6. The second-order valence-electron chi connectivity index (χ2n) is 27.3. The molecule has 0 spiro atoms. The number of Topliss-reactive ketones (excluding diaryl/α,β-unsaturated/α-hetero) is 1. The summed E-state index contributed by atoms with van der Waals surface area (Å²) < 4.78 is 29.8. The standard InChI is InChI=1S/C71H113NO6Si3/c1-20-65(68(73)45-60-34-38-63-47-72-43-42-62(63)44-60)61-36-32-59(33-37-61)48-75-71(74)31-27-22-21-26-30-66-67(41-40-64(39-35-58-28-24-23-25-29-58)76-79(49(2)3,50(4)5)51(6)7)70(78-81(55(14)15,56(16)17)57(18)19)46-69(66)77-80(52(8)9,53(10)11)54(12)13/h21,23-26,28-29,32-34,36-38,42-44,47,49-57,64-67,69-70H,20,22,27,30-31,35,39-41,45-46,48H2,1-19H3/b26-21-/t64-,65?,66?,67+,69-,70+/m0/s1. The highest BCUT2D eigenvalue weighted by Crippen LogP contribution is 2.53. The molecule has 5 rings (SSSR count). The van der Waals surface area contributed by atoms with Gasteiger partial charge in [0.2, 0.25) is 25.0 Å². The number of hydrogen-bond donors (Lipinski definition) is 0. The smallest absolute Gasteiger partial charge is 0.306 e. The van der Waals surface area contributed by atoms with Gasteiger partial charge in [0, 0.05) is 42.6 Å². The second-order valence-corrected chi connectivity index (χ2v) is 43.6. The van der Waals surface area contributed by atoms with Gasteiger partial charge in [0.25, 0.3) is 0 Å². The van der Waals surface area contributed by atoms with Gasteiger partial charge in [-0.2, -0.15) is 0 Å². The molecule has 2 unspecified atom stereocenters. The van der Waals surface area contributed by atoms with Crippen LogP contribution in [0, 0.1) is 11.8 Å². The molecule has 4 aromatic rings. The van der Waals surface area contributed by atoms with Crippen LogP contribution in [0.5, 0.6) is 0 Å². The van der Waals surface area contributed by atoms with Gasteiger partial charge in [-0.3, -0.25) is 14.6 Å². The Morgan fingerprint density at radius 1 is 0.593 bits per heavy atom. The van der Waals surface area contributed by atoms with Crippen molar-refractivity contribution in [1.82, 2.24) is 4.98 Å². The summed E-state index contributed by atoms with van der Waals surface area (Å²) >= 11 is 0. The van der Waals surface area contributed by atoms with E-state index in [1.165, 1.54) is 5.56 Å². The molecule has 1 aliphatic rings. The molecule has 1 fully saturated rings. The van der Waals surface area contributed by atoms with Gasteiger partial charge in [0.15, 0.2) is 0 Å². The van der Waals surface area contributed by atoms with Crippen LogP contribution < -0.4 is 0 Å². The predicted molar refractivity (Wildman–Crippen MR) is 351 cm³/mol. The van der Waals surface area contributed by atoms with Crippen molar-refractivity contribution in [1.29, 1.82) is 0 Å². The summed E-state index contributed by atoms with van der Waals surface area (Å²) in [6.45, 7) is 46.1. The average Bonchev–Trinajstić information content (AvgIpc) is 3.74. The molecule has 81 heavy (non-hydrogen) atoms. The summed E-state index contributed by atoms with van der Waals surface area (Å²) in [6.07, 6.45) is 17.7. The normalized spacial score (nSPS) is 18.4. The lowest BCUT2D eigenvalue weighted by Gasteiger charge is -2.46. The van der Waals surface area contributed by atoms with Crippen molar-refractivity contribution in [2.24, 2.45) is 11.8 Å². The second kappa shape index (κ2) is 31.6. The number of fused-ring (bicyclic) bond motifs is 1. The van der Waals surface area contributed by atoms with Crippen LogP contribution in [-0.4, -0.2) is 60.0 Å². The van der Waals surface area contributed by atoms with E-state index in [1.54, 1.807) is 6.20 Å². The molecule has 3 aromatic carbocycles. The molecule has 7 nitrogen and oxygen atoms in total. The first kappa shape index (κ1) is 68.3. The highest BCUT2D eigenvalue weighted by Gasteiger charge is 2.55. The molecule has 0 aliphatic heterocycles. The van der Waals surface area contributed by atoms with Crippen LogP contribution in [0.15, 0.2) is 103 Å². The number of carbonyl (C=O) groups is 2. The summed E-state index contributed by atoms with van der Waals surface area (Å²) in [5.74, 6) is 0.449. The first-order valence-corrected chi connectivity index (χ1v) is 38.6. The van der Waals surface area contributed by atoms with E-state index in [9.17, 15) is 9.59 Å². The third kappa shape index (κ3) is 17.1. The highest BCUT2D eigenvalue weighted by atomic mass is 28.4. The zero-order chi connectivity index (χ0) is 59.8. The Kier molecular flexibility index (Phi) is 26.6. The van der Waals surface area contributed by atoms with Gasteiger partial charge in [-0.05, 0) is 153 Å². The molecule has 0 bridgehead atoms. The molecule has 0 saturated heterocycles. The van der Waals surface area contributed by atoms with Crippen LogP contribution in [-0.2, 0) is 47.1 Å². The fraction of sp³-hybridized carbons (Fsp3) is 0.648. The molecule has 0 amide bonds. The number of rotatable bonds is 34. The molecule has 450 valence electrons. The van der Waals surface area contributed by atoms with Gasteiger partial charge in [0.1, 0.15) is 12.4 Å². The Morgan fingerprint density at radius 2 is 1.14 bits per heavy atom. The maximum atomic E-state index is 13.6. The molecule has 0 N–H and O–H groups in total. The fourth-order valence-corrected chi connectivity index (χ4v) is 32.7. The van der Waals surface area contributed by atoms with Crippen molar-refractivity contribution >= 4 is 47.5 Å². The minimum absolute atomic E-state index is 0.103. The number of unbranched alkanes of at least 4 members (excludes halogenated alkanes) is 1. The number of esters is 1. The Hall–Kier alpha value is -3.52. The fourth-order valence-electron chi connectivity index (χ4n) is 15.8. The summed E-state index contributed by atoms with van der Waals surface area (Å²) in [5.41, 5.74) is 8.74. The Morgan fingerprint density at radius 3 is 1.68 bits per heavy atom. The SMILES string of the molecule is CCC(C(=O)Cc1ccc2cnccc2c1)c1ccc(COC(=O)CCC/C=C\CC2[C@@H](O[Si](C(C)C)(C(C)C)C(C)C)C[C@@H](O[Si](C(C)C)(C(C)C)C(C)C)[C@@H]2CC[C@H](CCc2ccccc2)O[Si](C(C)C)(C(C)C)C(C)C)cc1. The van der Waals surface area contributed by atoms with E-state index in [1.807, 2.05) is 48.7 Å². The Balaban J connectivity index is 1.35. The zero-order valence-corrected chi connectivity index (χ0v) is 57.4. The third-order valence-electron chi connectivity index (χ3n) is 19.6. The molecular formula is C71H113NO6Si3. The number of nitrogens with zero attached hydrogens (tertiary/aromatic N) is 1. The van der Waals surface area contributed by atoms with Crippen molar-refractivity contribution in [3.05, 3.63) is 126 Å². The number of allylic oxidation sites excluding steroid dienone is 2. The Labute approximate surface area is 497 Å². The van der Waals surface area contributed by atoms with Gasteiger partial charge in [-0.15, -0.1) is 0 Å². The van der Waals surface area contributed by atoms with E-state index in [-0.39, 0.29) is 42.6 Å².